The van der Waals surface area contributed by atoms with Gasteiger partial charge in [0, 0.05) is 29.8 Å². The number of alkyl halides is 2. The molecule has 1 heterocycles. The molecule has 0 N–H and O–H groups in total. The Balaban J connectivity index is 0.000000637. The van der Waals surface area contributed by atoms with Crippen molar-refractivity contribution in [1.82, 2.24) is 4.98 Å². The molecule has 1 aliphatic carbocycles. The summed E-state index contributed by atoms with van der Waals surface area (Å²) in [5.74, 6) is -2.75. The number of benzene rings is 1. The van der Waals surface area contributed by atoms with Gasteiger partial charge in [-0.15, -0.1) is 0 Å². The van der Waals surface area contributed by atoms with Gasteiger partial charge in [0.05, 0.1) is 0 Å². The SMILES string of the molecule is CC.CC1(C)CC(F)(F)c2cccc3cncc1c23. The van der Waals surface area contributed by atoms with Crippen LogP contribution in [0.5, 0.6) is 0 Å². The molecule has 0 spiro atoms. The van der Waals surface area contributed by atoms with Crippen molar-refractivity contribution in [2.75, 3.05) is 0 Å². The summed E-state index contributed by atoms with van der Waals surface area (Å²) >= 11 is 0. The molecule has 0 atom stereocenters. The van der Waals surface area contributed by atoms with Gasteiger partial charge in [-0.05, 0) is 16.4 Å². The molecule has 0 fully saturated rings. The zero-order valence-corrected chi connectivity index (χ0v) is 11.8. The molecule has 3 heteroatoms. The smallest absolute Gasteiger partial charge is 0.264 e. The second-order valence-electron chi connectivity index (χ2n) is 5.36. The molecule has 1 aromatic carbocycles. The summed E-state index contributed by atoms with van der Waals surface area (Å²) in [5.41, 5.74) is 0.535. The molecule has 1 aromatic heterocycles. The zero-order chi connectivity index (χ0) is 14.3. The van der Waals surface area contributed by atoms with Crippen molar-refractivity contribution < 1.29 is 8.78 Å². The van der Waals surface area contributed by atoms with Crippen molar-refractivity contribution in [3.05, 3.63) is 41.7 Å². The van der Waals surface area contributed by atoms with Gasteiger partial charge in [-0.1, -0.05) is 45.9 Å². The molecule has 1 nitrogen and oxygen atoms in total. The molecular formula is C16H19F2N. The van der Waals surface area contributed by atoms with Gasteiger partial charge in [-0.3, -0.25) is 4.98 Å². The van der Waals surface area contributed by atoms with Crippen LogP contribution in [0, 0.1) is 0 Å². The van der Waals surface area contributed by atoms with Crippen molar-refractivity contribution in [2.24, 2.45) is 0 Å². The summed E-state index contributed by atoms with van der Waals surface area (Å²) in [6.45, 7) is 7.71. The van der Waals surface area contributed by atoms with Gasteiger partial charge >= 0.3 is 0 Å². The van der Waals surface area contributed by atoms with Gasteiger partial charge in [0.2, 0.25) is 0 Å². The lowest BCUT2D eigenvalue weighted by Crippen LogP contribution is -2.32. The summed E-state index contributed by atoms with van der Waals surface area (Å²) in [7, 11) is 0. The highest BCUT2D eigenvalue weighted by atomic mass is 19.3. The van der Waals surface area contributed by atoms with E-state index in [-0.39, 0.29) is 12.0 Å². The number of pyridine rings is 1. The molecule has 0 bridgehead atoms. The number of hydrogen-bond acceptors (Lipinski definition) is 1. The van der Waals surface area contributed by atoms with Crippen LogP contribution in [-0.4, -0.2) is 4.98 Å². The minimum absolute atomic E-state index is 0.145. The molecule has 2 aromatic rings. The van der Waals surface area contributed by atoms with E-state index in [1.165, 1.54) is 6.07 Å². The molecule has 1 aliphatic rings. The first kappa shape index (κ1) is 13.9. The van der Waals surface area contributed by atoms with Gasteiger partial charge in [0.1, 0.15) is 0 Å². The van der Waals surface area contributed by atoms with Gasteiger partial charge in [-0.2, -0.15) is 0 Å². The first-order valence-corrected chi connectivity index (χ1v) is 6.67. The molecule has 0 aliphatic heterocycles. The van der Waals surface area contributed by atoms with Crippen LogP contribution in [0.2, 0.25) is 0 Å². The van der Waals surface area contributed by atoms with Gasteiger partial charge in [0.15, 0.2) is 0 Å². The predicted octanol–water partition coefficient (Wildman–Crippen LogP) is 5.03. The second-order valence-corrected chi connectivity index (χ2v) is 5.36. The maximum Gasteiger partial charge on any atom is 0.274 e. The Labute approximate surface area is 112 Å². The maximum atomic E-state index is 14.1. The largest absolute Gasteiger partial charge is 0.274 e. The van der Waals surface area contributed by atoms with Crippen LogP contribution in [0.3, 0.4) is 0 Å². The third kappa shape index (κ3) is 2.11. The molecule has 102 valence electrons. The van der Waals surface area contributed by atoms with Crippen LogP contribution in [0.1, 0.15) is 45.2 Å². The van der Waals surface area contributed by atoms with Gasteiger partial charge in [-0.25, -0.2) is 8.78 Å². The fourth-order valence-electron chi connectivity index (χ4n) is 2.80. The standard InChI is InChI=1S/C14H13F2N.C2H6/c1-13(2)8-14(15,16)10-5-3-4-9-6-17-7-11(13)12(9)10;1-2/h3-7H,8H2,1-2H3;1-2H3. The zero-order valence-electron chi connectivity index (χ0n) is 11.8. The monoisotopic (exact) mass is 263 g/mol. The second kappa shape index (κ2) is 4.55. The molecule has 3 rings (SSSR count). The highest BCUT2D eigenvalue weighted by Crippen LogP contribution is 2.50. The van der Waals surface area contributed by atoms with Crippen molar-refractivity contribution >= 4 is 10.8 Å². The minimum Gasteiger partial charge on any atom is -0.264 e. The quantitative estimate of drug-likeness (QED) is 0.649. The van der Waals surface area contributed by atoms with Crippen LogP contribution in [0.25, 0.3) is 10.8 Å². The van der Waals surface area contributed by atoms with Crippen LogP contribution < -0.4 is 0 Å². The van der Waals surface area contributed by atoms with E-state index in [2.05, 4.69) is 4.98 Å². The molecule has 0 saturated heterocycles. The molecule has 19 heavy (non-hydrogen) atoms. The number of halogens is 2. The van der Waals surface area contributed by atoms with E-state index < -0.39 is 11.3 Å². The van der Waals surface area contributed by atoms with E-state index in [9.17, 15) is 8.78 Å². The van der Waals surface area contributed by atoms with Gasteiger partial charge < -0.3 is 0 Å². The van der Waals surface area contributed by atoms with E-state index in [1.54, 1.807) is 18.5 Å². The summed E-state index contributed by atoms with van der Waals surface area (Å²) in [6.07, 6.45) is 3.22. The number of nitrogens with zero attached hydrogens (tertiary/aromatic N) is 1. The van der Waals surface area contributed by atoms with E-state index >= 15 is 0 Å². The summed E-state index contributed by atoms with van der Waals surface area (Å²) in [5, 5.41) is 1.48. The molecule has 0 unspecified atom stereocenters. The number of aromatic nitrogens is 1. The lowest BCUT2D eigenvalue weighted by atomic mass is 9.71. The van der Waals surface area contributed by atoms with Crippen molar-refractivity contribution in [2.45, 2.75) is 45.5 Å². The van der Waals surface area contributed by atoms with Crippen LogP contribution in [-0.2, 0) is 11.3 Å². The van der Waals surface area contributed by atoms with Crippen molar-refractivity contribution in [3.63, 3.8) is 0 Å². The van der Waals surface area contributed by atoms with Crippen LogP contribution >= 0.6 is 0 Å². The Morgan fingerprint density at radius 3 is 2.42 bits per heavy atom. The fraction of sp³-hybridized carbons (Fsp3) is 0.438. The molecule has 0 saturated carbocycles. The predicted molar refractivity (Wildman–Crippen MR) is 74.6 cm³/mol. The Morgan fingerprint density at radius 2 is 1.74 bits per heavy atom. The topological polar surface area (TPSA) is 12.9 Å². The molecule has 0 radical (unpaired) electrons. The van der Waals surface area contributed by atoms with Crippen LogP contribution in [0.15, 0.2) is 30.6 Å². The normalized spacial score (nSPS) is 18.6. The summed E-state index contributed by atoms with van der Waals surface area (Å²) < 4.78 is 28.3. The lowest BCUT2D eigenvalue weighted by molar-refractivity contribution is -0.0332. The first-order valence-electron chi connectivity index (χ1n) is 6.67. The number of hydrogen-bond donors (Lipinski definition) is 0. The highest BCUT2D eigenvalue weighted by Gasteiger charge is 2.45. The highest BCUT2D eigenvalue weighted by molar-refractivity contribution is 5.90. The fourth-order valence-corrected chi connectivity index (χ4v) is 2.80. The van der Waals surface area contributed by atoms with Crippen molar-refractivity contribution in [3.8, 4) is 0 Å². The Hall–Kier alpha value is -1.51. The lowest BCUT2D eigenvalue weighted by Gasteiger charge is -2.36. The third-order valence-corrected chi connectivity index (χ3v) is 3.57. The van der Waals surface area contributed by atoms with E-state index in [0.717, 1.165) is 10.9 Å². The summed E-state index contributed by atoms with van der Waals surface area (Å²) in [6, 6.07) is 5.04. The summed E-state index contributed by atoms with van der Waals surface area (Å²) in [4.78, 5) is 4.16. The third-order valence-electron chi connectivity index (χ3n) is 3.57. The van der Waals surface area contributed by atoms with E-state index in [4.69, 9.17) is 0 Å². The Morgan fingerprint density at radius 1 is 1.05 bits per heavy atom. The molecule has 0 amide bonds. The average Bonchev–Trinajstić information content (AvgIpc) is 2.37. The van der Waals surface area contributed by atoms with Gasteiger partial charge in [0.25, 0.3) is 5.92 Å². The average molecular weight is 263 g/mol. The maximum absolute atomic E-state index is 14.1. The van der Waals surface area contributed by atoms with Crippen molar-refractivity contribution in [1.29, 1.82) is 0 Å². The first-order chi connectivity index (χ1) is 8.92. The molecular weight excluding hydrogens is 244 g/mol. The Bertz CT molecular complexity index is 554. The van der Waals surface area contributed by atoms with E-state index in [1.807, 2.05) is 33.8 Å². The minimum atomic E-state index is -2.75. The van der Waals surface area contributed by atoms with E-state index in [0.29, 0.717) is 5.39 Å². The Kier molecular flexibility index (Phi) is 3.33. The van der Waals surface area contributed by atoms with Crippen LogP contribution in [0.4, 0.5) is 8.78 Å². The number of rotatable bonds is 0.